The van der Waals surface area contributed by atoms with Gasteiger partial charge in [0.2, 0.25) is 15.9 Å². The van der Waals surface area contributed by atoms with Crippen LogP contribution in [0.2, 0.25) is 0 Å². The van der Waals surface area contributed by atoms with Crippen LogP contribution in [-0.4, -0.2) is 38.3 Å². The summed E-state index contributed by atoms with van der Waals surface area (Å²) in [5, 5.41) is 4.91. The topological polar surface area (TPSA) is 75.7 Å². The van der Waals surface area contributed by atoms with Gasteiger partial charge in [-0.3, -0.25) is 4.79 Å². The molecule has 6 nitrogen and oxygen atoms in total. The van der Waals surface area contributed by atoms with E-state index in [1.54, 1.807) is 12.1 Å². The Kier molecular flexibility index (Phi) is 7.42. The molecule has 1 heterocycles. The molecule has 0 bridgehead atoms. The highest BCUT2D eigenvalue weighted by Crippen LogP contribution is 2.26. The number of rotatable bonds is 8. The number of ether oxygens (including phenoxy) is 1. The molecule has 0 atom stereocenters. The molecule has 1 fully saturated rings. The van der Waals surface area contributed by atoms with Crippen molar-refractivity contribution >= 4 is 26.7 Å². The van der Waals surface area contributed by atoms with E-state index in [9.17, 15) is 13.2 Å². The third-order valence-corrected chi connectivity index (χ3v) is 8.04. The van der Waals surface area contributed by atoms with E-state index < -0.39 is 10.0 Å². The molecular weight excluding hydrogens is 436 g/mol. The largest absolute Gasteiger partial charge is 0.377 e. The van der Waals surface area contributed by atoms with Crippen molar-refractivity contribution in [3.05, 3.63) is 77.9 Å². The molecule has 1 aliphatic rings. The van der Waals surface area contributed by atoms with Crippen molar-refractivity contribution in [1.82, 2.24) is 9.62 Å². The van der Waals surface area contributed by atoms with Gasteiger partial charge in [-0.1, -0.05) is 54.6 Å². The third kappa shape index (κ3) is 5.61. The zero-order valence-corrected chi connectivity index (χ0v) is 19.7. The predicted molar refractivity (Wildman–Crippen MR) is 129 cm³/mol. The number of amides is 1. The molecule has 33 heavy (non-hydrogen) atoms. The van der Waals surface area contributed by atoms with Gasteiger partial charge in [0.25, 0.3) is 0 Å². The Morgan fingerprint density at radius 2 is 1.64 bits per heavy atom. The standard InChI is InChI=1S/C26H30N2O4S/c1-2-32-19-21-9-7-20(8-10-21)18-27-26(29)23-13-15-28(16-14-23)33(30,31)25-12-11-22-5-3-4-6-24(22)17-25/h3-12,17,23H,2,13-16,18-19H2,1H3,(H,27,29). The number of fused-ring (bicyclic) bond motifs is 1. The fourth-order valence-electron chi connectivity index (χ4n) is 4.14. The average molecular weight is 467 g/mol. The number of benzene rings is 3. The van der Waals surface area contributed by atoms with Crippen molar-refractivity contribution in [2.45, 2.75) is 37.8 Å². The molecule has 0 spiro atoms. The van der Waals surface area contributed by atoms with Crippen LogP contribution in [0.5, 0.6) is 0 Å². The number of hydrogen-bond acceptors (Lipinski definition) is 4. The van der Waals surface area contributed by atoms with Crippen LogP contribution in [-0.2, 0) is 32.7 Å². The van der Waals surface area contributed by atoms with Crippen LogP contribution in [0.1, 0.15) is 30.9 Å². The SMILES string of the molecule is CCOCc1ccc(CNC(=O)C2CCN(S(=O)(=O)c3ccc4ccccc4c3)CC2)cc1. The smallest absolute Gasteiger partial charge is 0.243 e. The lowest BCUT2D eigenvalue weighted by atomic mass is 9.97. The molecule has 7 heteroatoms. The second-order valence-corrected chi connectivity index (χ2v) is 10.3. The molecule has 174 valence electrons. The first kappa shape index (κ1) is 23.4. The van der Waals surface area contributed by atoms with E-state index in [0.717, 1.165) is 21.9 Å². The van der Waals surface area contributed by atoms with E-state index in [-0.39, 0.29) is 11.8 Å². The maximum absolute atomic E-state index is 13.1. The van der Waals surface area contributed by atoms with Crippen molar-refractivity contribution < 1.29 is 17.9 Å². The van der Waals surface area contributed by atoms with E-state index in [2.05, 4.69) is 5.32 Å². The van der Waals surface area contributed by atoms with Gasteiger partial charge in [-0.15, -0.1) is 0 Å². The van der Waals surface area contributed by atoms with E-state index in [0.29, 0.717) is 50.6 Å². The van der Waals surface area contributed by atoms with Crippen LogP contribution in [0, 0.1) is 5.92 Å². The molecule has 3 aromatic carbocycles. The van der Waals surface area contributed by atoms with Gasteiger partial charge in [0, 0.05) is 32.2 Å². The minimum Gasteiger partial charge on any atom is -0.377 e. The van der Waals surface area contributed by atoms with E-state index in [1.807, 2.05) is 61.5 Å². The summed E-state index contributed by atoms with van der Waals surface area (Å²) in [5.41, 5.74) is 2.13. The highest BCUT2D eigenvalue weighted by Gasteiger charge is 2.32. The number of carbonyl (C=O) groups is 1. The normalized spacial score (nSPS) is 15.5. The Morgan fingerprint density at radius 1 is 0.970 bits per heavy atom. The summed E-state index contributed by atoms with van der Waals surface area (Å²) in [6, 6.07) is 20.9. The Bertz CT molecular complexity index is 1200. The fourth-order valence-corrected chi connectivity index (χ4v) is 5.65. The fraction of sp³-hybridized carbons (Fsp3) is 0.346. The first-order valence-corrected chi connectivity index (χ1v) is 12.8. The Morgan fingerprint density at radius 3 is 2.33 bits per heavy atom. The summed E-state index contributed by atoms with van der Waals surface area (Å²) in [4.78, 5) is 13.0. The van der Waals surface area contributed by atoms with Gasteiger partial charge in [-0.2, -0.15) is 4.31 Å². The number of carbonyl (C=O) groups excluding carboxylic acids is 1. The molecule has 1 aliphatic heterocycles. The van der Waals surface area contributed by atoms with E-state index in [4.69, 9.17) is 4.74 Å². The van der Waals surface area contributed by atoms with Crippen LogP contribution in [0.3, 0.4) is 0 Å². The highest BCUT2D eigenvalue weighted by atomic mass is 32.2. The molecule has 0 aromatic heterocycles. The molecular formula is C26H30N2O4S. The predicted octanol–water partition coefficient (Wildman–Crippen LogP) is 4.09. The van der Waals surface area contributed by atoms with Crippen LogP contribution < -0.4 is 5.32 Å². The molecule has 3 aromatic rings. The quantitative estimate of drug-likeness (QED) is 0.543. The molecule has 4 rings (SSSR count). The molecule has 1 amide bonds. The Balaban J connectivity index is 1.30. The molecule has 1 N–H and O–H groups in total. The lowest BCUT2D eigenvalue weighted by Crippen LogP contribution is -2.42. The van der Waals surface area contributed by atoms with Crippen molar-refractivity contribution in [3.8, 4) is 0 Å². The van der Waals surface area contributed by atoms with Gasteiger partial charge >= 0.3 is 0 Å². The summed E-state index contributed by atoms with van der Waals surface area (Å²) >= 11 is 0. The molecule has 1 saturated heterocycles. The van der Waals surface area contributed by atoms with Crippen LogP contribution in [0.4, 0.5) is 0 Å². The minimum absolute atomic E-state index is 0.0175. The summed E-state index contributed by atoms with van der Waals surface area (Å²) < 4.78 is 33.2. The van der Waals surface area contributed by atoms with Crippen LogP contribution >= 0.6 is 0 Å². The molecule has 0 radical (unpaired) electrons. The Labute approximate surface area is 195 Å². The third-order valence-electron chi connectivity index (χ3n) is 6.15. The molecule has 0 aliphatic carbocycles. The Hall–Kier alpha value is -2.74. The summed E-state index contributed by atoms with van der Waals surface area (Å²) in [6.45, 7) is 4.39. The average Bonchev–Trinajstić information content (AvgIpc) is 2.86. The van der Waals surface area contributed by atoms with Gasteiger partial charge < -0.3 is 10.1 Å². The number of nitrogens with one attached hydrogen (secondary N) is 1. The van der Waals surface area contributed by atoms with Crippen molar-refractivity contribution in [1.29, 1.82) is 0 Å². The van der Waals surface area contributed by atoms with Crippen LogP contribution in [0.25, 0.3) is 10.8 Å². The maximum Gasteiger partial charge on any atom is 0.243 e. The van der Waals surface area contributed by atoms with Crippen LogP contribution in [0.15, 0.2) is 71.6 Å². The number of sulfonamides is 1. The second kappa shape index (κ2) is 10.5. The monoisotopic (exact) mass is 466 g/mol. The lowest BCUT2D eigenvalue weighted by Gasteiger charge is -2.30. The van der Waals surface area contributed by atoms with Gasteiger partial charge in [-0.05, 0) is 53.8 Å². The van der Waals surface area contributed by atoms with Crippen molar-refractivity contribution in [3.63, 3.8) is 0 Å². The van der Waals surface area contributed by atoms with E-state index in [1.165, 1.54) is 4.31 Å². The van der Waals surface area contributed by atoms with Crippen molar-refractivity contribution in [2.75, 3.05) is 19.7 Å². The number of piperidine rings is 1. The van der Waals surface area contributed by atoms with Crippen molar-refractivity contribution in [2.24, 2.45) is 5.92 Å². The summed E-state index contributed by atoms with van der Waals surface area (Å²) in [5.74, 6) is -0.193. The van der Waals surface area contributed by atoms with Gasteiger partial charge in [0.1, 0.15) is 0 Å². The second-order valence-electron chi connectivity index (χ2n) is 8.36. The first-order chi connectivity index (χ1) is 16.0. The lowest BCUT2D eigenvalue weighted by molar-refractivity contribution is -0.126. The van der Waals surface area contributed by atoms with E-state index >= 15 is 0 Å². The minimum atomic E-state index is -3.58. The zero-order valence-electron chi connectivity index (χ0n) is 18.9. The van der Waals surface area contributed by atoms with Gasteiger partial charge in [0.15, 0.2) is 0 Å². The zero-order chi connectivity index (χ0) is 23.3. The first-order valence-electron chi connectivity index (χ1n) is 11.4. The summed E-state index contributed by atoms with van der Waals surface area (Å²) in [6.07, 6.45) is 1.04. The summed E-state index contributed by atoms with van der Waals surface area (Å²) in [7, 11) is -3.58. The number of hydrogen-bond donors (Lipinski definition) is 1. The van der Waals surface area contributed by atoms with Gasteiger partial charge in [0.05, 0.1) is 11.5 Å². The molecule has 0 unspecified atom stereocenters. The molecule has 0 saturated carbocycles. The highest BCUT2D eigenvalue weighted by molar-refractivity contribution is 7.89. The number of nitrogens with zero attached hydrogens (tertiary/aromatic N) is 1. The maximum atomic E-state index is 13.1. The van der Waals surface area contributed by atoms with Gasteiger partial charge in [-0.25, -0.2) is 8.42 Å².